The van der Waals surface area contributed by atoms with E-state index in [1.54, 1.807) is 0 Å². The van der Waals surface area contributed by atoms with Crippen LogP contribution in [0.5, 0.6) is 0 Å². The van der Waals surface area contributed by atoms with Crippen molar-refractivity contribution in [1.29, 1.82) is 0 Å². The van der Waals surface area contributed by atoms with Gasteiger partial charge in [-0.15, -0.1) is 0 Å². The van der Waals surface area contributed by atoms with E-state index in [0.717, 1.165) is 17.1 Å². The zero-order chi connectivity index (χ0) is 42.5. The molecule has 0 atom stereocenters. The topological polar surface area (TPSA) is 3.24 Å². The van der Waals surface area contributed by atoms with Crippen molar-refractivity contribution in [3.63, 3.8) is 0 Å². The molecule has 0 unspecified atom stereocenters. The maximum atomic E-state index is 2.50. The van der Waals surface area contributed by atoms with Crippen molar-refractivity contribution in [2.24, 2.45) is 0 Å². The highest BCUT2D eigenvalue weighted by Gasteiger charge is 2.46. The average Bonchev–Trinajstić information content (AvgIpc) is 3.67. The third-order valence-electron chi connectivity index (χ3n) is 13.3. The maximum Gasteiger partial charge on any atom is 0.0713 e. The smallest absolute Gasteiger partial charge is 0.0713 e. The van der Waals surface area contributed by atoms with Crippen molar-refractivity contribution in [3.05, 3.63) is 283 Å². The van der Waals surface area contributed by atoms with Gasteiger partial charge in [0.15, 0.2) is 0 Å². The summed E-state index contributed by atoms with van der Waals surface area (Å²) < 4.78 is 0. The van der Waals surface area contributed by atoms with E-state index in [-0.39, 0.29) is 0 Å². The quantitative estimate of drug-likeness (QED) is 0.138. The normalized spacial score (nSPS) is 12.5. The summed E-state index contributed by atoms with van der Waals surface area (Å²) in [6.45, 7) is 0. The van der Waals surface area contributed by atoms with Crippen molar-refractivity contribution in [2.75, 3.05) is 4.90 Å². The Morgan fingerprint density at radius 2 is 0.719 bits per heavy atom. The largest absolute Gasteiger partial charge is 0.310 e. The molecule has 0 aliphatic heterocycles. The second-order valence-electron chi connectivity index (χ2n) is 16.9. The maximum absolute atomic E-state index is 2.50. The lowest BCUT2D eigenvalue weighted by atomic mass is 9.67. The molecule has 0 saturated heterocycles. The third kappa shape index (κ3) is 6.24. The molecule has 0 N–H and O–H groups in total. The predicted molar refractivity (Wildman–Crippen MR) is 270 cm³/mol. The number of fused-ring (bicyclic) bond motifs is 6. The van der Waals surface area contributed by atoms with Crippen LogP contribution in [0.1, 0.15) is 22.3 Å². The van der Waals surface area contributed by atoms with Gasteiger partial charge in [-0.1, -0.05) is 206 Å². The minimum atomic E-state index is -0.465. The highest BCUT2D eigenvalue weighted by Crippen LogP contribution is 2.57. The van der Waals surface area contributed by atoms with Crippen LogP contribution in [0, 0.1) is 0 Å². The van der Waals surface area contributed by atoms with E-state index in [9.17, 15) is 0 Å². The van der Waals surface area contributed by atoms with Crippen LogP contribution in [0.15, 0.2) is 261 Å². The van der Waals surface area contributed by atoms with Gasteiger partial charge in [-0.25, -0.2) is 0 Å². The Balaban J connectivity index is 1.07. The van der Waals surface area contributed by atoms with E-state index in [2.05, 4.69) is 266 Å². The molecule has 0 saturated carbocycles. The van der Waals surface area contributed by atoms with E-state index in [4.69, 9.17) is 0 Å². The predicted octanol–water partition coefficient (Wildman–Crippen LogP) is 16.8. The number of rotatable bonds is 8. The summed E-state index contributed by atoms with van der Waals surface area (Å²) in [6, 6.07) is 95.9. The molecule has 300 valence electrons. The van der Waals surface area contributed by atoms with Crippen molar-refractivity contribution < 1.29 is 0 Å². The summed E-state index contributed by atoms with van der Waals surface area (Å²) in [5.41, 5.74) is 17.7. The zero-order valence-electron chi connectivity index (χ0n) is 35.3. The molecular weight excluding hydrogens is 771 g/mol. The summed E-state index contributed by atoms with van der Waals surface area (Å²) in [5, 5.41) is 4.92. The van der Waals surface area contributed by atoms with Gasteiger partial charge in [0.25, 0.3) is 0 Å². The van der Waals surface area contributed by atoms with E-state index >= 15 is 0 Å². The van der Waals surface area contributed by atoms with E-state index in [1.807, 2.05) is 0 Å². The first-order chi connectivity index (χ1) is 31.7. The molecule has 0 spiro atoms. The molecule has 1 nitrogen and oxygen atoms in total. The SMILES string of the molecule is c1ccc(-c2ccc(N(c3cc(-c4ccccc4)cc(-c4ccccc4)c3)c3ccc4c(ccc5cc6c(cc54)C(c4ccccc4)(c4ccccc4)c4ccccc4-6)c3)cc2)cc1. The van der Waals surface area contributed by atoms with Crippen molar-refractivity contribution in [1.82, 2.24) is 0 Å². The third-order valence-corrected chi connectivity index (χ3v) is 13.3. The molecule has 0 fully saturated rings. The van der Waals surface area contributed by atoms with Gasteiger partial charge < -0.3 is 4.90 Å². The Bertz CT molecular complexity index is 3350. The van der Waals surface area contributed by atoms with Crippen LogP contribution in [0.3, 0.4) is 0 Å². The Labute approximate surface area is 374 Å². The summed E-state index contributed by atoms with van der Waals surface area (Å²) in [6.07, 6.45) is 0. The first-order valence-electron chi connectivity index (χ1n) is 22.2. The fourth-order valence-electron chi connectivity index (χ4n) is 10.3. The van der Waals surface area contributed by atoms with Gasteiger partial charge in [0.05, 0.1) is 5.41 Å². The molecule has 1 aliphatic carbocycles. The van der Waals surface area contributed by atoms with Crippen LogP contribution in [0.25, 0.3) is 66.1 Å². The lowest BCUT2D eigenvalue weighted by molar-refractivity contribution is 0.769. The molecule has 11 aromatic rings. The van der Waals surface area contributed by atoms with Crippen molar-refractivity contribution in [2.45, 2.75) is 5.41 Å². The number of anilines is 3. The number of hydrogen-bond acceptors (Lipinski definition) is 1. The molecule has 12 rings (SSSR count). The van der Waals surface area contributed by atoms with E-state index in [1.165, 1.54) is 88.3 Å². The summed E-state index contributed by atoms with van der Waals surface area (Å²) in [7, 11) is 0. The zero-order valence-corrected chi connectivity index (χ0v) is 35.3. The average molecular weight is 814 g/mol. The van der Waals surface area contributed by atoms with Gasteiger partial charge in [-0.05, 0) is 143 Å². The first-order valence-corrected chi connectivity index (χ1v) is 22.2. The summed E-state index contributed by atoms with van der Waals surface area (Å²) in [5.74, 6) is 0. The van der Waals surface area contributed by atoms with Gasteiger partial charge in [-0.2, -0.15) is 0 Å². The van der Waals surface area contributed by atoms with Crippen LogP contribution < -0.4 is 4.90 Å². The van der Waals surface area contributed by atoms with Gasteiger partial charge in [0, 0.05) is 17.1 Å². The van der Waals surface area contributed by atoms with Gasteiger partial charge in [0.1, 0.15) is 0 Å². The Kier molecular flexibility index (Phi) is 9.13. The Morgan fingerprint density at radius 3 is 1.30 bits per heavy atom. The van der Waals surface area contributed by atoms with Crippen molar-refractivity contribution >= 4 is 38.6 Å². The van der Waals surface area contributed by atoms with Crippen LogP contribution in [-0.4, -0.2) is 0 Å². The lowest BCUT2D eigenvalue weighted by Crippen LogP contribution is -2.28. The Hall–Kier alpha value is -8.26. The molecular formula is C63H43N. The Morgan fingerprint density at radius 1 is 0.250 bits per heavy atom. The van der Waals surface area contributed by atoms with E-state index < -0.39 is 5.41 Å². The van der Waals surface area contributed by atoms with E-state index in [0.29, 0.717) is 0 Å². The summed E-state index contributed by atoms with van der Waals surface area (Å²) >= 11 is 0. The first kappa shape index (κ1) is 37.5. The molecule has 0 amide bonds. The monoisotopic (exact) mass is 813 g/mol. The van der Waals surface area contributed by atoms with Crippen LogP contribution in [-0.2, 0) is 5.41 Å². The molecule has 64 heavy (non-hydrogen) atoms. The van der Waals surface area contributed by atoms with Crippen molar-refractivity contribution in [3.8, 4) is 44.5 Å². The van der Waals surface area contributed by atoms with Gasteiger partial charge >= 0.3 is 0 Å². The molecule has 0 heterocycles. The molecule has 1 aliphatic rings. The fourth-order valence-corrected chi connectivity index (χ4v) is 10.3. The number of hydrogen-bond donors (Lipinski definition) is 0. The molecule has 0 aromatic heterocycles. The number of nitrogens with zero attached hydrogens (tertiary/aromatic N) is 1. The summed E-state index contributed by atoms with van der Waals surface area (Å²) in [4.78, 5) is 2.42. The van der Waals surface area contributed by atoms with Crippen LogP contribution >= 0.6 is 0 Å². The molecule has 0 bridgehead atoms. The van der Waals surface area contributed by atoms with Crippen LogP contribution in [0.2, 0.25) is 0 Å². The molecule has 1 heteroatoms. The second kappa shape index (κ2) is 15.6. The van der Waals surface area contributed by atoms with Gasteiger partial charge in [-0.3, -0.25) is 0 Å². The number of benzene rings is 11. The van der Waals surface area contributed by atoms with Crippen LogP contribution in [0.4, 0.5) is 17.1 Å². The molecule has 11 aromatic carbocycles. The lowest BCUT2D eigenvalue weighted by Gasteiger charge is -2.34. The minimum absolute atomic E-state index is 0.465. The van der Waals surface area contributed by atoms with Gasteiger partial charge in [0.2, 0.25) is 0 Å². The second-order valence-corrected chi connectivity index (χ2v) is 16.9. The minimum Gasteiger partial charge on any atom is -0.310 e. The highest BCUT2D eigenvalue weighted by atomic mass is 15.1. The standard InChI is InChI=1S/C63H43N/c1-6-18-44(19-7-1)47-32-34-54(35-33-47)64(56-40-50(45-20-8-2-9-21-45)38-51(41-56)46-22-10-3-11-23-46)55-36-37-57-48(39-55)30-31-49-42-60-58-28-16-17-29-61(58)63(62(60)43-59(49)57,52-24-12-4-13-25-52)53-26-14-5-15-27-53/h1-43H. The fraction of sp³-hybridized carbons (Fsp3) is 0.0159. The molecule has 0 radical (unpaired) electrons. The highest BCUT2D eigenvalue weighted by molar-refractivity contribution is 6.11.